The van der Waals surface area contributed by atoms with Gasteiger partial charge >= 0.3 is 0 Å². The SMILES string of the molecule is CC(C)CC(C)CC(O)c1cccc(Cl)c1Cl. The Labute approximate surface area is 114 Å². The standard InChI is InChI=1S/C14H20Cl2O/c1-9(2)7-10(3)8-13(17)11-5-4-6-12(15)14(11)16/h4-6,9-10,13,17H,7-8H2,1-3H3. The average molecular weight is 275 g/mol. The van der Waals surface area contributed by atoms with Crippen LogP contribution >= 0.6 is 23.2 Å². The van der Waals surface area contributed by atoms with Gasteiger partial charge in [0, 0.05) is 5.56 Å². The molecule has 2 unspecified atom stereocenters. The van der Waals surface area contributed by atoms with Crippen molar-refractivity contribution in [3.8, 4) is 0 Å². The summed E-state index contributed by atoms with van der Waals surface area (Å²) in [6.07, 6.45) is 1.29. The molecule has 0 radical (unpaired) electrons. The summed E-state index contributed by atoms with van der Waals surface area (Å²) in [4.78, 5) is 0. The summed E-state index contributed by atoms with van der Waals surface area (Å²) in [5, 5.41) is 11.1. The molecule has 0 saturated heterocycles. The number of benzene rings is 1. The summed E-state index contributed by atoms with van der Waals surface area (Å²) in [6.45, 7) is 6.53. The summed E-state index contributed by atoms with van der Waals surface area (Å²) in [5.74, 6) is 1.12. The van der Waals surface area contributed by atoms with Crippen molar-refractivity contribution in [2.24, 2.45) is 11.8 Å². The molecule has 1 aromatic carbocycles. The molecule has 1 rings (SSSR count). The molecule has 0 aliphatic carbocycles. The number of rotatable bonds is 5. The molecule has 17 heavy (non-hydrogen) atoms. The smallest absolute Gasteiger partial charge is 0.0807 e. The zero-order valence-electron chi connectivity index (χ0n) is 10.6. The molecular formula is C14H20Cl2O. The van der Waals surface area contributed by atoms with Crippen molar-refractivity contribution in [2.45, 2.75) is 39.7 Å². The van der Waals surface area contributed by atoms with E-state index in [1.165, 1.54) is 0 Å². The van der Waals surface area contributed by atoms with E-state index >= 15 is 0 Å². The highest BCUT2D eigenvalue weighted by Crippen LogP contribution is 2.33. The van der Waals surface area contributed by atoms with Gasteiger partial charge in [-0.1, -0.05) is 56.1 Å². The number of aliphatic hydroxyl groups excluding tert-OH is 1. The Hall–Kier alpha value is -0.240. The van der Waals surface area contributed by atoms with Crippen LogP contribution in [0.3, 0.4) is 0 Å². The molecule has 0 amide bonds. The summed E-state index contributed by atoms with van der Waals surface area (Å²) in [6, 6.07) is 5.39. The molecule has 3 heteroatoms. The van der Waals surface area contributed by atoms with Gasteiger partial charge in [0.2, 0.25) is 0 Å². The topological polar surface area (TPSA) is 20.2 Å². The van der Waals surface area contributed by atoms with Crippen LogP contribution in [0.4, 0.5) is 0 Å². The Balaban J connectivity index is 2.69. The lowest BCUT2D eigenvalue weighted by atomic mass is 9.91. The summed E-state index contributed by atoms with van der Waals surface area (Å²) < 4.78 is 0. The maximum absolute atomic E-state index is 10.2. The quantitative estimate of drug-likeness (QED) is 0.792. The van der Waals surface area contributed by atoms with Crippen molar-refractivity contribution < 1.29 is 5.11 Å². The molecule has 1 nitrogen and oxygen atoms in total. The normalized spacial score (nSPS) is 15.0. The van der Waals surface area contributed by atoms with Gasteiger partial charge in [-0.2, -0.15) is 0 Å². The minimum absolute atomic E-state index is 0.471. The van der Waals surface area contributed by atoms with Crippen LogP contribution < -0.4 is 0 Å². The van der Waals surface area contributed by atoms with Crippen LogP contribution in [0.5, 0.6) is 0 Å². The molecule has 0 heterocycles. The van der Waals surface area contributed by atoms with Gasteiger partial charge in [0.1, 0.15) is 0 Å². The molecular weight excluding hydrogens is 255 g/mol. The van der Waals surface area contributed by atoms with Gasteiger partial charge < -0.3 is 5.11 Å². The van der Waals surface area contributed by atoms with E-state index in [0.717, 1.165) is 18.4 Å². The fourth-order valence-electron chi connectivity index (χ4n) is 2.19. The van der Waals surface area contributed by atoms with Crippen molar-refractivity contribution in [2.75, 3.05) is 0 Å². The second-order valence-corrected chi connectivity index (χ2v) is 5.91. The van der Waals surface area contributed by atoms with Crippen LogP contribution in [0.1, 0.15) is 45.3 Å². The first-order valence-electron chi connectivity index (χ1n) is 6.03. The van der Waals surface area contributed by atoms with E-state index < -0.39 is 6.10 Å². The average Bonchev–Trinajstić information content (AvgIpc) is 2.20. The fourth-order valence-corrected chi connectivity index (χ4v) is 2.62. The highest BCUT2D eigenvalue weighted by Gasteiger charge is 2.17. The number of halogens is 2. The zero-order chi connectivity index (χ0) is 13.0. The van der Waals surface area contributed by atoms with Crippen molar-refractivity contribution >= 4 is 23.2 Å². The second kappa shape index (κ2) is 6.63. The van der Waals surface area contributed by atoms with Crippen LogP contribution in [0.15, 0.2) is 18.2 Å². The van der Waals surface area contributed by atoms with Crippen molar-refractivity contribution in [3.05, 3.63) is 33.8 Å². The van der Waals surface area contributed by atoms with E-state index in [9.17, 15) is 5.11 Å². The highest BCUT2D eigenvalue weighted by atomic mass is 35.5. The van der Waals surface area contributed by atoms with Gasteiger partial charge in [0.15, 0.2) is 0 Å². The Bertz CT molecular complexity index is 363. The maximum atomic E-state index is 10.2. The molecule has 1 N–H and O–H groups in total. The van der Waals surface area contributed by atoms with E-state index in [-0.39, 0.29) is 0 Å². The fraction of sp³-hybridized carbons (Fsp3) is 0.571. The predicted octanol–water partition coefficient (Wildman–Crippen LogP) is 5.10. The molecule has 0 saturated carbocycles. The largest absolute Gasteiger partial charge is 0.388 e. The van der Waals surface area contributed by atoms with Crippen LogP contribution in [-0.2, 0) is 0 Å². The van der Waals surface area contributed by atoms with Gasteiger partial charge in [0.25, 0.3) is 0 Å². The Morgan fingerprint density at radius 1 is 1.12 bits per heavy atom. The first-order chi connectivity index (χ1) is 7.91. The highest BCUT2D eigenvalue weighted by molar-refractivity contribution is 6.42. The molecule has 1 aromatic rings. The Morgan fingerprint density at radius 2 is 1.76 bits per heavy atom. The van der Waals surface area contributed by atoms with Crippen LogP contribution in [-0.4, -0.2) is 5.11 Å². The van der Waals surface area contributed by atoms with Crippen LogP contribution in [0.2, 0.25) is 10.0 Å². The van der Waals surface area contributed by atoms with Crippen molar-refractivity contribution in [1.29, 1.82) is 0 Å². The summed E-state index contributed by atoms with van der Waals surface area (Å²) in [5.41, 5.74) is 0.731. The third kappa shape index (κ3) is 4.50. The molecule has 0 spiro atoms. The van der Waals surface area contributed by atoms with Crippen LogP contribution in [0.25, 0.3) is 0 Å². The van der Waals surface area contributed by atoms with Crippen molar-refractivity contribution in [1.82, 2.24) is 0 Å². The van der Waals surface area contributed by atoms with E-state index in [2.05, 4.69) is 20.8 Å². The minimum atomic E-state index is -0.532. The van der Waals surface area contributed by atoms with Gasteiger partial charge in [-0.05, 0) is 30.7 Å². The minimum Gasteiger partial charge on any atom is -0.388 e. The molecule has 0 aliphatic rings. The van der Waals surface area contributed by atoms with E-state index in [1.54, 1.807) is 6.07 Å². The third-order valence-electron chi connectivity index (χ3n) is 2.84. The summed E-state index contributed by atoms with van der Waals surface area (Å²) >= 11 is 12.0. The van der Waals surface area contributed by atoms with Gasteiger partial charge in [0.05, 0.1) is 16.1 Å². The monoisotopic (exact) mass is 274 g/mol. The van der Waals surface area contributed by atoms with Gasteiger partial charge in [-0.25, -0.2) is 0 Å². The zero-order valence-corrected chi connectivity index (χ0v) is 12.1. The predicted molar refractivity (Wildman–Crippen MR) is 74.7 cm³/mol. The lowest BCUT2D eigenvalue weighted by Gasteiger charge is -2.19. The first kappa shape index (κ1) is 14.8. The number of aliphatic hydroxyl groups is 1. The molecule has 0 aliphatic heterocycles. The molecule has 0 bridgehead atoms. The van der Waals surface area contributed by atoms with Crippen molar-refractivity contribution in [3.63, 3.8) is 0 Å². The van der Waals surface area contributed by atoms with E-state index in [0.29, 0.717) is 21.9 Å². The van der Waals surface area contributed by atoms with Gasteiger partial charge in [-0.3, -0.25) is 0 Å². The maximum Gasteiger partial charge on any atom is 0.0807 e. The molecule has 0 fully saturated rings. The van der Waals surface area contributed by atoms with Gasteiger partial charge in [-0.15, -0.1) is 0 Å². The third-order valence-corrected chi connectivity index (χ3v) is 3.67. The van der Waals surface area contributed by atoms with E-state index in [4.69, 9.17) is 23.2 Å². The molecule has 0 aromatic heterocycles. The second-order valence-electron chi connectivity index (χ2n) is 5.13. The lowest BCUT2D eigenvalue weighted by Crippen LogP contribution is -2.07. The number of hydrogen-bond acceptors (Lipinski definition) is 1. The Kier molecular flexibility index (Phi) is 5.78. The number of hydrogen-bond donors (Lipinski definition) is 1. The van der Waals surface area contributed by atoms with Crippen LogP contribution in [0, 0.1) is 11.8 Å². The Morgan fingerprint density at radius 3 is 2.35 bits per heavy atom. The summed E-state index contributed by atoms with van der Waals surface area (Å²) in [7, 11) is 0. The molecule has 2 atom stereocenters. The van der Waals surface area contributed by atoms with E-state index in [1.807, 2.05) is 12.1 Å². The lowest BCUT2D eigenvalue weighted by molar-refractivity contribution is 0.142. The molecule has 96 valence electrons. The first-order valence-corrected chi connectivity index (χ1v) is 6.79.